The topological polar surface area (TPSA) is 76.1 Å². The third-order valence-corrected chi connectivity index (χ3v) is 0.651. The molecule has 0 unspecified atom stereocenters. The predicted molar refractivity (Wildman–Crippen MR) is 30.2 cm³/mol. The quantitative estimate of drug-likeness (QED) is 0.504. The van der Waals surface area contributed by atoms with E-state index in [1.165, 1.54) is 6.92 Å². The molecule has 0 heterocycles. The van der Waals surface area contributed by atoms with Gasteiger partial charge < -0.3 is 10.5 Å². The lowest BCUT2D eigenvalue weighted by Gasteiger charge is -2.00. The Labute approximate surface area is 53.2 Å². The maximum absolute atomic E-state index is 10.4. The van der Waals surface area contributed by atoms with Crippen molar-refractivity contribution in [2.75, 3.05) is 6.61 Å². The summed E-state index contributed by atoms with van der Waals surface area (Å²) < 4.78 is 4.33. The number of esters is 1. The molecule has 50 valence electrons. The monoisotopic (exact) mass is 128 g/mol. The molecule has 0 aliphatic carbocycles. The highest BCUT2D eigenvalue weighted by atomic mass is 16.5. The molecule has 4 heteroatoms. The van der Waals surface area contributed by atoms with Crippen LogP contribution in [-0.4, -0.2) is 18.6 Å². The van der Waals surface area contributed by atoms with Crippen molar-refractivity contribution in [3.05, 3.63) is 0 Å². The molecule has 0 rings (SSSR count). The van der Waals surface area contributed by atoms with Crippen LogP contribution in [0.4, 0.5) is 0 Å². The van der Waals surface area contributed by atoms with Gasteiger partial charge in [0.2, 0.25) is 0 Å². The Bertz CT molecular complexity index is 136. The summed E-state index contributed by atoms with van der Waals surface area (Å²) in [5.74, 6) is -0.545. The first-order valence-corrected chi connectivity index (χ1v) is 2.47. The number of rotatable bonds is 2. The fourth-order valence-electron chi connectivity index (χ4n) is 0.235. The lowest BCUT2D eigenvalue weighted by molar-refractivity contribution is -0.143. The van der Waals surface area contributed by atoms with Crippen LogP contribution in [0.25, 0.3) is 0 Å². The molecular formula is C5H8N2O2. The van der Waals surface area contributed by atoms with Crippen molar-refractivity contribution in [2.24, 2.45) is 5.73 Å². The minimum absolute atomic E-state index is 0.222. The Kier molecular flexibility index (Phi) is 3.40. The summed E-state index contributed by atoms with van der Waals surface area (Å²) in [5, 5.41) is 7.93. The summed E-state index contributed by atoms with van der Waals surface area (Å²) in [6.07, 6.45) is 0. The number of nitriles is 1. The molecular weight excluding hydrogens is 120 g/mol. The second-order valence-corrected chi connectivity index (χ2v) is 1.55. The largest absolute Gasteiger partial charge is 0.449 e. The van der Waals surface area contributed by atoms with Gasteiger partial charge in [0.15, 0.2) is 6.61 Å². The molecule has 2 N–H and O–H groups in total. The number of carbonyl (C=O) groups is 1. The highest BCUT2D eigenvalue weighted by Gasteiger charge is 2.06. The molecule has 4 nitrogen and oxygen atoms in total. The van der Waals surface area contributed by atoms with E-state index in [2.05, 4.69) is 4.74 Å². The first-order valence-electron chi connectivity index (χ1n) is 2.47. The number of nitrogens with two attached hydrogens (primary N) is 1. The van der Waals surface area contributed by atoms with Crippen LogP contribution in [0.1, 0.15) is 6.92 Å². The first kappa shape index (κ1) is 7.92. The number of hydrogen-bond acceptors (Lipinski definition) is 4. The van der Waals surface area contributed by atoms with Crippen LogP contribution in [-0.2, 0) is 9.53 Å². The van der Waals surface area contributed by atoms with E-state index in [9.17, 15) is 4.79 Å². The van der Waals surface area contributed by atoms with E-state index in [1.54, 1.807) is 6.07 Å². The van der Waals surface area contributed by atoms with Crippen LogP contribution >= 0.6 is 0 Å². The second kappa shape index (κ2) is 3.87. The van der Waals surface area contributed by atoms with Crippen molar-refractivity contribution in [1.29, 1.82) is 5.26 Å². The van der Waals surface area contributed by atoms with Crippen LogP contribution in [0, 0.1) is 11.3 Å². The van der Waals surface area contributed by atoms with Crippen molar-refractivity contribution < 1.29 is 9.53 Å². The summed E-state index contributed by atoms with van der Waals surface area (Å²) in [7, 11) is 0. The van der Waals surface area contributed by atoms with E-state index in [0.29, 0.717) is 0 Å². The molecule has 0 radical (unpaired) electrons. The Morgan fingerprint density at radius 1 is 2.00 bits per heavy atom. The fourth-order valence-corrected chi connectivity index (χ4v) is 0.235. The average molecular weight is 128 g/mol. The first-order chi connectivity index (χ1) is 4.18. The van der Waals surface area contributed by atoms with Gasteiger partial charge in [0.1, 0.15) is 12.1 Å². The summed E-state index contributed by atoms with van der Waals surface area (Å²) in [4.78, 5) is 10.4. The zero-order valence-electron chi connectivity index (χ0n) is 5.13. The highest BCUT2D eigenvalue weighted by Crippen LogP contribution is 1.81. The smallest absolute Gasteiger partial charge is 0.323 e. The molecule has 0 aromatic heterocycles. The van der Waals surface area contributed by atoms with E-state index in [1.807, 2.05) is 0 Å². The summed E-state index contributed by atoms with van der Waals surface area (Å²) in [6.45, 7) is 1.28. The minimum Gasteiger partial charge on any atom is -0.449 e. The number of carbonyl (C=O) groups excluding carboxylic acids is 1. The van der Waals surface area contributed by atoms with E-state index in [0.717, 1.165) is 0 Å². The Morgan fingerprint density at radius 2 is 2.56 bits per heavy atom. The van der Waals surface area contributed by atoms with Gasteiger partial charge in [-0.05, 0) is 6.92 Å². The summed E-state index contributed by atoms with van der Waals surface area (Å²) >= 11 is 0. The molecule has 0 amide bonds. The van der Waals surface area contributed by atoms with Crippen LogP contribution in [0.5, 0.6) is 0 Å². The van der Waals surface area contributed by atoms with Gasteiger partial charge in [-0.25, -0.2) is 0 Å². The molecule has 1 atom stereocenters. The Hall–Kier alpha value is -1.08. The maximum atomic E-state index is 10.4. The van der Waals surface area contributed by atoms with E-state index < -0.39 is 12.0 Å². The van der Waals surface area contributed by atoms with Gasteiger partial charge in [0.05, 0.1) is 0 Å². The Morgan fingerprint density at radius 3 is 2.89 bits per heavy atom. The number of ether oxygens (including phenoxy) is 1. The minimum atomic E-state index is -0.640. The standard InChI is InChI=1S/C5H8N2O2/c1-4(7)5(8)9-3-2-6/h4H,3,7H2,1H3/t4-/m0/s1. The van der Waals surface area contributed by atoms with Crippen molar-refractivity contribution in [2.45, 2.75) is 13.0 Å². The van der Waals surface area contributed by atoms with E-state index in [4.69, 9.17) is 11.0 Å². The normalized spacial score (nSPS) is 11.7. The molecule has 0 aromatic rings. The third-order valence-electron chi connectivity index (χ3n) is 0.651. The SMILES string of the molecule is C[C@H](N)C(=O)OCC#N. The highest BCUT2D eigenvalue weighted by molar-refractivity contribution is 5.74. The molecule has 0 aromatic carbocycles. The second-order valence-electron chi connectivity index (χ2n) is 1.55. The lowest BCUT2D eigenvalue weighted by atomic mass is 10.4. The van der Waals surface area contributed by atoms with E-state index >= 15 is 0 Å². The van der Waals surface area contributed by atoms with Gasteiger partial charge in [-0.3, -0.25) is 4.79 Å². The maximum Gasteiger partial charge on any atom is 0.323 e. The van der Waals surface area contributed by atoms with Crippen molar-refractivity contribution >= 4 is 5.97 Å². The summed E-state index contributed by atoms with van der Waals surface area (Å²) in [6, 6.07) is 1.01. The predicted octanol–water partition coefficient (Wildman–Crippen LogP) is -0.600. The molecule has 0 spiro atoms. The van der Waals surface area contributed by atoms with Gasteiger partial charge in [-0.15, -0.1) is 0 Å². The van der Waals surface area contributed by atoms with Crippen molar-refractivity contribution in [3.63, 3.8) is 0 Å². The van der Waals surface area contributed by atoms with E-state index in [-0.39, 0.29) is 6.61 Å². The van der Waals surface area contributed by atoms with Gasteiger partial charge in [0.25, 0.3) is 0 Å². The molecule has 0 aliphatic rings. The Balaban J connectivity index is 3.42. The van der Waals surface area contributed by atoms with Gasteiger partial charge in [0, 0.05) is 0 Å². The van der Waals surface area contributed by atoms with Crippen LogP contribution in [0.15, 0.2) is 0 Å². The van der Waals surface area contributed by atoms with Crippen LogP contribution in [0.3, 0.4) is 0 Å². The number of hydrogen-bond donors (Lipinski definition) is 1. The summed E-state index contributed by atoms with van der Waals surface area (Å²) in [5.41, 5.74) is 5.09. The van der Waals surface area contributed by atoms with Gasteiger partial charge >= 0.3 is 5.97 Å². The number of nitrogens with zero attached hydrogens (tertiary/aromatic N) is 1. The van der Waals surface area contributed by atoms with Gasteiger partial charge in [-0.2, -0.15) is 5.26 Å². The molecule has 0 aliphatic heterocycles. The lowest BCUT2D eigenvalue weighted by Crippen LogP contribution is -2.28. The molecule has 9 heavy (non-hydrogen) atoms. The van der Waals surface area contributed by atoms with Crippen LogP contribution < -0.4 is 5.73 Å². The van der Waals surface area contributed by atoms with Crippen LogP contribution in [0.2, 0.25) is 0 Å². The van der Waals surface area contributed by atoms with Crippen molar-refractivity contribution in [1.82, 2.24) is 0 Å². The van der Waals surface area contributed by atoms with Crippen molar-refractivity contribution in [3.8, 4) is 6.07 Å². The molecule has 0 bridgehead atoms. The molecule has 0 saturated carbocycles. The average Bonchev–Trinajstić information content (AvgIpc) is 1.82. The zero-order chi connectivity index (χ0) is 7.28. The fraction of sp³-hybridized carbons (Fsp3) is 0.600. The molecule has 0 saturated heterocycles. The third kappa shape index (κ3) is 3.50. The molecule has 0 fully saturated rings. The zero-order valence-corrected chi connectivity index (χ0v) is 5.13. The van der Waals surface area contributed by atoms with Gasteiger partial charge in [-0.1, -0.05) is 0 Å².